The van der Waals surface area contributed by atoms with Gasteiger partial charge in [0.25, 0.3) is 5.91 Å². The van der Waals surface area contributed by atoms with Gasteiger partial charge in [-0.15, -0.1) is 11.3 Å². The van der Waals surface area contributed by atoms with Crippen molar-refractivity contribution in [2.24, 2.45) is 0 Å². The smallest absolute Gasteiger partial charge is 0.411 e. The van der Waals surface area contributed by atoms with E-state index in [1.54, 1.807) is 17.3 Å². The number of hydrogen-bond acceptors (Lipinski definition) is 8. The number of thiophene rings is 1. The molecule has 0 spiro atoms. The Morgan fingerprint density at radius 1 is 1.19 bits per heavy atom. The quantitative estimate of drug-likeness (QED) is 0.638. The molecule has 1 saturated heterocycles. The van der Waals surface area contributed by atoms with E-state index in [0.717, 1.165) is 10.3 Å². The van der Waals surface area contributed by atoms with Gasteiger partial charge in [-0.05, 0) is 50.8 Å². The van der Waals surface area contributed by atoms with Gasteiger partial charge in [0.2, 0.25) is 5.95 Å². The highest BCUT2D eigenvalue weighted by molar-refractivity contribution is 7.17. The molecule has 3 aromatic heterocycles. The Kier molecular flexibility index (Phi) is 5.96. The topological polar surface area (TPSA) is 101 Å². The predicted octanol–water partition coefficient (Wildman–Crippen LogP) is 3.91. The van der Waals surface area contributed by atoms with Gasteiger partial charge in [-0.2, -0.15) is 0 Å². The maximum Gasteiger partial charge on any atom is 0.411 e. The van der Waals surface area contributed by atoms with Crippen LogP contribution in [0.4, 0.5) is 10.7 Å². The summed E-state index contributed by atoms with van der Waals surface area (Å²) in [6, 6.07) is 5.62. The Bertz CT molecular complexity index is 1130. The zero-order valence-electron chi connectivity index (χ0n) is 18.5. The SMILES string of the molecule is C[C@H](Nc1nc(C(=O)N2CCN(C(=O)OC(C)(C)C)C2)c2sccc2n1)c1cccnc1. The first-order valence-electron chi connectivity index (χ1n) is 10.4. The Morgan fingerprint density at radius 2 is 1.97 bits per heavy atom. The van der Waals surface area contributed by atoms with Crippen LogP contribution in [-0.2, 0) is 4.74 Å². The molecule has 0 aromatic carbocycles. The number of fused-ring (bicyclic) bond motifs is 1. The number of aromatic nitrogens is 3. The molecule has 0 radical (unpaired) electrons. The first-order valence-corrected chi connectivity index (χ1v) is 11.3. The van der Waals surface area contributed by atoms with Crippen LogP contribution in [0.25, 0.3) is 10.2 Å². The molecule has 1 fully saturated rings. The number of nitrogens with zero attached hydrogens (tertiary/aromatic N) is 5. The van der Waals surface area contributed by atoms with Crippen molar-refractivity contribution in [2.75, 3.05) is 25.1 Å². The third-order valence-corrected chi connectivity index (χ3v) is 5.87. The number of carbonyl (C=O) groups is 2. The van der Waals surface area contributed by atoms with Crippen molar-refractivity contribution in [3.05, 3.63) is 47.2 Å². The summed E-state index contributed by atoms with van der Waals surface area (Å²) in [6.07, 6.45) is 3.07. The highest BCUT2D eigenvalue weighted by Crippen LogP contribution is 2.27. The molecule has 0 unspecified atom stereocenters. The summed E-state index contributed by atoms with van der Waals surface area (Å²) >= 11 is 1.42. The molecule has 4 rings (SSSR count). The average molecular weight is 455 g/mol. The molecule has 2 amide bonds. The van der Waals surface area contributed by atoms with Gasteiger partial charge in [-0.1, -0.05) is 6.07 Å². The van der Waals surface area contributed by atoms with Crippen molar-refractivity contribution in [3.63, 3.8) is 0 Å². The Hall–Kier alpha value is -3.27. The van der Waals surface area contributed by atoms with Gasteiger partial charge in [-0.3, -0.25) is 14.7 Å². The Labute approximate surface area is 190 Å². The number of anilines is 1. The zero-order valence-corrected chi connectivity index (χ0v) is 19.3. The number of carbonyl (C=O) groups excluding carboxylic acids is 2. The first-order chi connectivity index (χ1) is 15.2. The number of nitrogens with one attached hydrogen (secondary N) is 1. The van der Waals surface area contributed by atoms with Crippen molar-refractivity contribution in [1.29, 1.82) is 0 Å². The number of amides is 2. The molecular weight excluding hydrogens is 428 g/mol. The molecule has 1 aliphatic heterocycles. The summed E-state index contributed by atoms with van der Waals surface area (Å²) < 4.78 is 6.16. The fourth-order valence-corrected chi connectivity index (χ4v) is 4.17. The van der Waals surface area contributed by atoms with E-state index < -0.39 is 11.7 Å². The highest BCUT2D eigenvalue weighted by atomic mass is 32.1. The summed E-state index contributed by atoms with van der Waals surface area (Å²) in [5.74, 6) is 0.141. The van der Waals surface area contributed by atoms with E-state index in [4.69, 9.17) is 4.74 Å². The van der Waals surface area contributed by atoms with Gasteiger partial charge in [0.15, 0.2) is 5.69 Å². The van der Waals surface area contributed by atoms with Crippen LogP contribution in [0.2, 0.25) is 0 Å². The van der Waals surface area contributed by atoms with Gasteiger partial charge < -0.3 is 15.0 Å². The van der Waals surface area contributed by atoms with Gasteiger partial charge in [0, 0.05) is 25.5 Å². The normalized spacial score (nSPS) is 15.1. The average Bonchev–Trinajstić information content (AvgIpc) is 3.42. The molecule has 1 aliphatic rings. The molecule has 10 heteroatoms. The molecule has 1 atom stereocenters. The second kappa shape index (κ2) is 8.70. The Morgan fingerprint density at radius 3 is 2.69 bits per heavy atom. The van der Waals surface area contributed by atoms with Crippen molar-refractivity contribution in [1.82, 2.24) is 24.8 Å². The van der Waals surface area contributed by atoms with Crippen LogP contribution in [0.15, 0.2) is 36.0 Å². The molecule has 9 nitrogen and oxygen atoms in total. The van der Waals surface area contributed by atoms with E-state index in [0.29, 0.717) is 30.2 Å². The molecular formula is C22H26N6O3S. The minimum atomic E-state index is -0.587. The summed E-state index contributed by atoms with van der Waals surface area (Å²) in [4.78, 5) is 42.1. The van der Waals surface area contributed by atoms with Gasteiger partial charge in [-0.25, -0.2) is 14.8 Å². The standard InChI is InChI=1S/C22H26N6O3S/c1-14(15-6-5-8-23-12-15)24-20-25-16-7-11-32-18(16)17(26-20)19(29)27-9-10-28(13-27)21(30)31-22(2,3)4/h5-8,11-12,14H,9-10,13H2,1-4H3,(H,24,25,26)/t14-/m0/s1. The minimum Gasteiger partial charge on any atom is -0.444 e. The van der Waals surface area contributed by atoms with Crippen LogP contribution in [0.3, 0.4) is 0 Å². The van der Waals surface area contributed by atoms with Crippen LogP contribution in [-0.4, -0.2) is 62.1 Å². The lowest BCUT2D eigenvalue weighted by atomic mass is 10.1. The van der Waals surface area contributed by atoms with Crippen molar-refractivity contribution in [2.45, 2.75) is 39.3 Å². The van der Waals surface area contributed by atoms with Gasteiger partial charge in [0.05, 0.1) is 22.9 Å². The summed E-state index contributed by atoms with van der Waals surface area (Å²) in [6.45, 7) is 8.45. The number of hydrogen-bond donors (Lipinski definition) is 1. The number of ether oxygens (including phenoxy) is 1. The fourth-order valence-electron chi connectivity index (χ4n) is 3.36. The summed E-state index contributed by atoms with van der Waals surface area (Å²) in [5, 5.41) is 5.16. The second-order valence-electron chi connectivity index (χ2n) is 8.64. The van der Waals surface area contributed by atoms with Crippen LogP contribution in [0, 0.1) is 0 Å². The van der Waals surface area contributed by atoms with Crippen LogP contribution >= 0.6 is 11.3 Å². The summed E-state index contributed by atoms with van der Waals surface area (Å²) in [5.41, 5.74) is 1.44. The maximum atomic E-state index is 13.3. The molecule has 3 aromatic rings. The predicted molar refractivity (Wildman–Crippen MR) is 123 cm³/mol. The third kappa shape index (κ3) is 4.80. The maximum absolute atomic E-state index is 13.3. The van der Waals surface area contributed by atoms with Crippen molar-refractivity contribution in [3.8, 4) is 0 Å². The molecule has 4 heterocycles. The van der Waals surface area contributed by atoms with Crippen molar-refractivity contribution >= 4 is 39.5 Å². The lowest BCUT2D eigenvalue weighted by Gasteiger charge is -2.24. The van der Waals surface area contributed by atoms with E-state index in [1.807, 2.05) is 51.3 Å². The fraction of sp³-hybridized carbons (Fsp3) is 0.409. The van der Waals surface area contributed by atoms with Crippen LogP contribution < -0.4 is 5.32 Å². The monoisotopic (exact) mass is 454 g/mol. The molecule has 0 aliphatic carbocycles. The highest BCUT2D eigenvalue weighted by Gasteiger charge is 2.32. The number of rotatable bonds is 4. The van der Waals surface area contributed by atoms with E-state index >= 15 is 0 Å². The molecule has 32 heavy (non-hydrogen) atoms. The van der Waals surface area contributed by atoms with Crippen molar-refractivity contribution < 1.29 is 14.3 Å². The second-order valence-corrected chi connectivity index (χ2v) is 9.55. The molecule has 0 saturated carbocycles. The lowest BCUT2D eigenvalue weighted by Crippen LogP contribution is -2.37. The van der Waals surface area contributed by atoms with Gasteiger partial charge in [0.1, 0.15) is 5.60 Å². The van der Waals surface area contributed by atoms with Crippen LogP contribution in [0.5, 0.6) is 0 Å². The van der Waals surface area contributed by atoms with Crippen LogP contribution in [0.1, 0.15) is 49.8 Å². The van der Waals surface area contributed by atoms with E-state index in [2.05, 4.69) is 20.3 Å². The summed E-state index contributed by atoms with van der Waals surface area (Å²) in [7, 11) is 0. The molecule has 1 N–H and O–H groups in total. The minimum absolute atomic E-state index is 0.0859. The Balaban J connectivity index is 1.54. The largest absolute Gasteiger partial charge is 0.444 e. The van der Waals surface area contributed by atoms with E-state index in [1.165, 1.54) is 16.2 Å². The third-order valence-electron chi connectivity index (χ3n) is 4.96. The molecule has 0 bridgehead atoms. The van der Waals surface area contributed by atoms with Gasteiger partial charge >= 0.3 is 6.09 Å². The molecule has 168 valence electrons. The first kappa shape index (κ1) is 21.9. The lowest BCUT2D eigenvalue weighted by molar-refractivity contribution is 0.0265. The zero-order chi connectivity index (χ0) is 22.9. The number of pyridine rings is 1. The van der Waals surface area contributed by atoms with E-state index in [-0.39, 0.29) is 18.6 Å². The van der Waals surface area contributed by atoms with E-state index in [9.17, 15) is 9.59 Å².